The van der Waals surface area contributed by atoms with E-state index in [9.17, 15) is 0 Å². The zero-order chi connectivity index (χ0) is 13.8. The minimum Gasteiger partial charge on any atom is -0.312 e. The topological polar surface area (TPSA) is 12.0 Å². The Morgan fingerprint density at radius 2 is 1.61 bits per heavy atom. The Kier molecular flexibility index (Phi) is 5.66. The van der Waals surface area contributed by atoms with Gasteiger partial charge in [-0.2, -0.15) is 0 Å². The van der Waals surface area contributed by atoms with Gasteiger partial charge in [0, 0.05) is 15.7 Å². The maximum absolute atomic E-state index is 3.64. The Hall–Kier alpha value is -0.0900. The van der Waals surface area contributed by atoms with E-state index in [1.54, 1.807) is 0 Å². The molecule has 102 valence electrons. The lowest BCUT2D eigenvalue weighted by atomic mass is 9.80. The van der Waals surface area contributed by atoms with Crippen LogP contribution in [0.5, 0.6) is 0 Å². The molecule has 0 heterocycles. The molecule has 0 saturated heterocycles. The van der Waals surface area contributed by atoms with Crippen molar-refractivity contribution in [3.05, 3.63) is 33.4 Å². The molecular formula is C16H26IN. The molecule has 0 aromatic heterocycles. The molecule has 2 heteroatoms. The van der Waals surface area contributed by atoms with Gasteiger partial charge in [0.1, 0.15) is 0 Å². The summed E-state index contributed by atoms with van der Waals surface area (Å²) in [6, 6.07) is 8.91. The van der Waals surface area contributed by atoms with Gasteiger partial charge in [0.05, 0.1) is 0 Å². The third-order valence-electron chi connectivity index (χ3n) is 3.44. The van der Waals surface area contributed by atoms with E-state index in [1.165, 1.54) is 15.6 Å². The summed E-state index contributed by atoms with van der Waals surface area (Å²) in [6.45, 7) is 12.4. The average molecular weight is 359 g/mol. The first-order chi connectivity index (χ1) is 8.24. The summed E-state index contributed by atoms with van der Waals surface area (Å²) in [4.78, 5) is 0. The Labute approximate surface area is 126 Å². The van der Waals surface area contributed by atoms with Crippen LogP contribution in [-0.2, 0) is 6.42 Å². The predicted molar refractivity (Wildman–Crippen MR) is 89.0 cm³/mol. The molecule has 0 amide bonds. The second-order valence-electron chi connectivity index (χ2n) is 6.57. The van der Waals surface area contributed by atoms with Crippen molar-refractivity contribution >= 4 is 22.6 Å². The standard InChI is InChI=1S/C16H26IN/c1-6-16(5,12-18-15(2,3)4)11-13-7-9-14(17)10-8-13/h7-10,18H,6,11-12H2,1-5H3. The summed E-state index contributed by atoms with van der Waals surface area (Å²) in [7, 11) is 0. The normalized spacial score (nSPS) is 15.4. The van der Waals surface area contributed by atoms with Gasteiger partial charge in [-0.25, -0.2) is 0 Å². The van der Waals surface area contributed by atoms with Crippen LogP contribution in [0, 0.1) is 8.99 Å². The smallest absolute Gasteiger partial charge is 0.0130 e. The largest absolute Gasteiger partial charge is 0.312 e. The molecule has 0 radical (unpaired) electrons. The van der Waals surface area contributed by atoms with Crippen LogP contribution in [0.3, 0.4) is 0 Å². The van der Waals surface area contributed by atoms with Gasteiger partial charge < -0.3 is 5.32 Å². The molecule has 0 spiro atoms. The molecule has 1 aromatic rings. The number of hydrogen-bond donors (Lipinski definition) is 1. The van der Waals surface area contributed by atoms with Crippen molar-refractivity contribution in [3.63, 3.8) is 0 Å². The van der Waals surface area contributed by atoms with E-state index < -0.39 is 0 Å². The Morgan fingerprint density at radius 1 is 1.06 bits per heavy atom. The second kappa shape index (κ2) is 6.38. The van der Waals surface area contributed by atoms with Gasteiger partial charge >= 0.3 is 0 Å². The van der Waals surface area contributed by atoms with Crippen LogP contribution in [0.2, 0.25) is 0 Å². The minimum atomic E-state index is 0.197. The van der Waals surface area contributed by atoms with Crippen molar-refractivity contribution in [3.8, 4) is 0 Å². The highest BCUT2D eigenvalue weighted by atomic mass is 127. The van der Waals surface area contributed by atoms with Gasteiger partial charge in [0.15, 0.2) is 0 Å². The number of hydrogen-bond acceptors (Lipinski definition) is 1. The van der Waals surface area contributed by atoms with Crippen molar-refractivity contribution in [2.75, 3.05) is 6.54 Å². The van der Waals surface area contributed by atoms with Crippen LogP contribution < -0.4 is 5.32 Å². The lowest BCUT2D eigenvalue weighted by Gasteiger charge is -2.33. The van der Waals surface area contributed by atoms with Crippen LogP contribution >= 0.6 is 22.6 Å². The van der Waals surface area contributed by atoms with Gasteiger partial charge in [-0.05, 0) is 79.3 Å². The third kappa shape index (κ3) is 5.70. The molecule has 18 heavy (non-hydrogen) atoms. The fourth-order valence-electron chi connectivity index (χ4n) is 1.89. The molecule has 0 saturated carbocycles. The van der Waals surface area contributed by atoms with E-state index in [4.69, 9.17) is 0 Å². The van der Waals surface area contributed by atoms with Crippen molar-refractivity contribution in [2.24, 2.45) is 5.41 Å². The monoisotopic (exact) mass is 359 g/mol. The maximum atomic E-state index is 3.64. The highest BCUT2D eigenvalue weighted by Crippen LogP contribution is 2.26. The maximum Gasteiger partial charge on any atom is 0.0130 e. The molecule has 0 aliphatic carbocycles. The lowest BCUT2D eigenvalue weighted by molar-refractivity contribution is 0.255. The summed E-state index contributed by atoms with van der Waals surface area (Å²) < 4.78 is 1.31. The van der Waals surface area contributed by atoms with Crippen molar-refractivity contribution in [1.29, 1.82) is 0 Å². The summed E-state index contributed by atoms with van der Waals surface area (Å²) >= 11 is 2.36. The molecule has 1 aromatic carbocycles. The van der Waals surface area contributed by atoms with E-state index in [0.717, 1.165) is 13.0 Å². The molecule has 0 aliphatic heterocycles. The zero-order valence-electron chi connectivity index (χ0n) is 12.3. The Morgan fingerprint density at radius 3 is 2.06 bits per heavy atom. The number of nitrogens with one attached hydrogen (secondary N) is 1. The third-order valence-corrected chi connectivity index (χ3v) is 4.16. The molecule has 1 unspecified atom stereocenters. The molecule has 1 nitrogen and oxygen atoms in total. The molecule has 0 bridgehead atoms. The Bertz CT molecular complexity index is 364. The first-order valence-electron chi connectivity index (χ1n) is 6.74. The Balaban J connectivity index is 2.67. The quantitative estimate of drug-likeness (QED) is 0.756. The first kappa shape index (κ1) is 16.0. The molecular weight excluding hydrogens is 333 g/mol. The van der Waals surface area contributed by atoms with Crippen LogP contribution in [0.4, 0.5) is 0 Å². The second-order valence-corrected chi connectivity index (χ2v) is 7.82. The number of rotatable bonds is 5. The molecule has 1 N–H and O–H groups in total. The van der Waals surface area contributed by atoms with E-state index in [0.29, 0.717) is 5.41 Å². The van der Waals surface area contributed by atoms with E-state index >= 15 is 0 Å². The van der Waals surface area contributed by atoms with Crippen LogP contribution in [0.25, 0.3) is 0 Å². The molecule has 1 atom stereocenters. The van der Waals surface area contributed by atoms with Gasteiger partial charge in [-0.15, -0.1) is 0 Å². The van der Waals surface area contributed by atoms with Crippen LogP contribution in [0.15, 0.2) is 24.3 Å². The van der Waals surface area contributed by atoms with Gasteiger partial charge in [-0.3, -0.25) is 0 Å². The predicted octanol–water partition coefficient (Wildman–Crippen LogP) is 4.64. The highest BCUT2D eigenvalue weighted by Gasteiger charge is 2.24. The average Bonchev–Trinajstić information content (AvgIpc) is 2.29. The van der Waals surface area contributed by atoms with Gasteiger partial charge in [0.2, 0.25) is 0 Å². The van der Waals surface area contributed by atoms with E-state index in [2.05, 4.69) is 86.8 Å². The lowest BCUT2D eigenvalue weighted by Crippen LogP contribution is -2.43. The summed E-state index contributed by atoms with van der Waals surface area (Å²) in [5, 5.41) is 3.64. The summed E-state index contributed by atoms with van der Waals surface area (Å²) in [5.74, 6) is 0. The van der Waals surface area contributed by atoms with E-state index in [-0.39, 0.29) is 5.54 Å². The SMILES string of the molecule is CCC(C)(CNC(C)(C)C)Cc1ccc(I)cc1. The van der Waals surface area contributed by atoms with Gasteiger partial charge in [0.25, 0.3) is 0 Å². The van der Waals surface area contributed by atoms with Crippen molar-refractivity contribution < 1.29 is 0 Å². The molecule has 1 rings (SSSR count). The van der Waals surface area contributed by atoms with Crippen LogP contribution in [0.1, 0.15) is 46.6 Å². The first-order valence-corrected chi connectivity index (χ1v) is 7.81. The highest BCUT2D eigenvalue weighted by molar-refractivity contribution is 14.1. The van der Waals surface area contributed by atoms with Crippen LogP contribution in [-0.4, -0.2) is 12.1 Å². The zero-order valence-corrected chi connectivity index (χ0v) is 14.5. The fourth-order valence-corrected chi connectivity index (χ4v) is 2.25. The fraction of sp³-hybridized carbons (Fsp3) is 0.625. The van der Waals surface area contributed by atoms with Gasteiger partial charge in [-0.1, -0.05) is 26.0 Å². The van der Waals surface area contributed by atoms with Crippen molar-refractivity contribution in [2.45, 2.75) is 53.0 Å². The molecule has 0 aliphatic rings. The van der Waals surface area contributed by atoms with Crippen molar-refractivity contribution in [1.82, 2.24) is 5.32 Å². The number of benzene rings is 1. The molecule has 0 fully saturated rings. The summed E-state index contributed by atoms with van der Waals surface area (Å²) in [5.41, 5.74) is 1.97. The summed E-state index contributed by atoms with van der Waals surface area (Å²) in [6.07, 6.45) is 2.34. The van der Waals surface area contributed by atoms with E-state index in [1.807, 2.05) is 0 Å². The minimum absolute atomic E-state index is 0.197. The number of halogens is 1.